The second-order valence-electron chi connectivity index (χ2n) is 13.9. The summed E-state index contributed by atoms with van der Waals surface area (Å²) in [4.78, 5) is 15.0. The summed E-state index contributed by atoms with van der Waals surface area (Å²) in [5, 5.41) is 4.67. The summed E-state index contributed by atoms with van der Waals surface area (Å²) >= 11 is 1.85. The molecule has 262 valence electrons. The number of rotatable bonds is 6. The lowest BCUT2D eigenvalue weighted by Gasteiger charge is -2.12. The molecule has 0 aliphatic heterocycles. The summed E-state index contributed by atoms with van der Waals surface area (Å²) in [5.74, 6) is 1.90. The molecular weight excluding hydrogens is 703 g/mol. The summed E-state index contributed by atoms with van der Waals surface area (Å²) < 4.78 is 9.39. The van der Waals surface area contributed by atoms with Gasteiger partial charge in [0.1, 0.15) is 11.2 Å². The topological polar surface area (TPSA) is 51.8 Å². The first kappa shape index (κ1) is 32.2. The third-order valence-corrected chi connectivity index (χ3v) is 11.8. The van der Waals surface area contributed by atoms with Crippen molar-refractivity contribution < 1.29 is 4.42 Å². The lowest BCUT2D eigenvalue weighted by atomic mass is 9.92. The summed E-state index contributed by atoms with van der Waals surface area (Å²) in [5.41, 5.74) is 11.4. The molecule has 0 aliphatic rings. The first-order valence-corrected chi connectivity index (χ1v) is 19.5. The van der Waals surface area contributed by atoms with Crippen LogP contribution in [0, 0.1) is 0 Å². The Morgan fingerprint density at radius 1 is 0.357 bits per heavy atom. The molecule has 0 saturated carbocycles. The van der Waals surface area contributed by atoms with Crippen molar-refractivity contribution in [3.05, 3.63) is 188 Å². The third kappa shape index (κ3) is 5.40. The number of thiophene rings is 1. The second kappa shape index (κ2) is 13.3. The van der Waals surface area contributed by atoms with E-state index in [1.165, 1.54) is 31.3 Å². The molecule has 0 amide bonds. The Bertz CT molecular complexity index is 3180. The van der Waals surface area contributed by atoms with Crippen LogP contribution >= 0.6 is 11.3 Å². The Morgan fingerprint density at radius 3 is 1.62 bits per heavy atom. The van der Waals surface area contributed by atoms with Gasteiger partial charge in [0.25, 0.3) is 0 Å². The fraction of sp³-hybridized carbons (Fsp3) is 0. The number of fused-ring (bicyclic) bond motifs is 6. The maximum Gasteiger partial charge on any atom is 0.164 e. The van der Waals surface area contributed by atoms with Crippen LogP contribution in [-0.4, -0.2) is 15.0 Å². The van der Waals surface area contributed by atoms with Crippen LogP contribution in [0.5, 0.6) is 0 Å². The molecule has 0 saturated heterocycles. The molecule has 0 bridgehead atoms. The Morgan fingerprint density at radius 2 is 0.893 bits per heavy atom. The molecule has 0 spiro atoms. The monoisotopic (exact) mass is 733 g/mol. The van der Waals surface area contributed by atoms with Crippen molar-refractivity contribution in [1.82, 2.24) is 15.0 Å². The van der Waals surface area contributed by atoms with E-state index in [0.29, 0.717) is 17.5 Å². The number of para-hydroxylation sites is 1. The van der Waals surface area contributed by atoms with Gasteiger partial charge in [0.15, 0.2) is 17.5 Å². The van der Waals surface area contributed by atoms with Crippen molar-refractivity contribution in [2.45, 2.75) is 0 Å². The van der Waals surface area contributed by atoms with Gasteiger partial charge in [0.2, 0.25) is 0 Å². The van der Waals surface area contributed by atoms with E-state index in [9.17, 15) is 0 Å². The SMILES string of the molecule is c1ccc(-c2nc(-c3ccccc3)nc(-c3cccc(-c4ccc(-c5cccc6sc7c(-c8ccccc8)cccc7c56)c5oc6ccccc6c45)c3)n2)cc1. The van der Waals surface area contributed by atoms with Crippen LogP contribution < -0.4 is 0 Å². The normalized spacial score (nSPS) is 11.6. The van der Waals surface area contributed by atoms with Gasteiger partial charge in [0, 0.05) is 53.2 Å². The molecule has 0 radical (unpaired) electrons. The minimum atomic E-state index is 0.621. The van der Waals surface area contributed by atoms with Crippen LogP contribution in [0.3, 0.4) is 0 Å². The molecule has 0 fully saturated rings. The number of hydrogen-bond donors (Lipinski definition) is 0. The molecule has 0 aliphatic carbocycles. The van der Waals surface area contributed by atoms with E-state index in [0.717, 1.165) is 60.9 Å². The second-order valence-corrected chi connectivity index (χ2v) is 15.0. The van der Waals surface area contributed by atoms with Crippen molar-refractivity contribution in [3.63, 3.8) is 0 Å². The van der Waals surface area contributed by atoms with E-state index < -0.39 is 0 Å². The number of aromatic nitrogens is 3. The molecule has 4 nitrogen and oxygen atoms in total. The summed E-state index contributed by atoms with van der Waals surface area (Å²) in [7, 11) is 0. The van der Waals surface area contributed by atoms with Gasteiger partial charge in [-0.25, -0.2) is 15.0 Å². The molecule has 3 aromatic heterocycles. The highest BCUT2D eigenvalue weighted by molar-refractivity contribution is 7.26. The standard InChI is InChI=1S/C51H31N3OS/c1-4-15-32(16-5-1)38-24-13-26-42-45-39(25-14-28-44(45)56-48(38)42)40-30-29-37(46-41-23-10-11-27-43(41)55-47(40)46)35-21-12-22-36(31-35)51-53-49(33-17-6-2-7-18-33)52-50(54-51)34-19-8-3-9-20-34/h1-31H. The molecule has 11 aromatic rings. The number of benzene rings is 8. The first-order valence-electron chi connectivity index (χ1n) is 18.7. The van der Waals surface area contributed by atoms with Crippen molar-refractivity contribution >= 4 is 53.4 Å². The Balaban J connectivity index is 1.10. The highest BCUT2D eigenvalue weighted by Gasteiger charge is 2.21. The molecule has 3 heterocycles. The van der Waals surface area contributed by atoms with Crippen molar-refractivity contribution in [3.8, 4) is 67.5 Å². The van der Waals surface area contributed by atoms with Gasteiger partial charge in [-0.15, -0.1) is 11.3 Å². The van der Waals surface area contributed by atoms with E-state index in [2.05, 4.69) is 121 Å². The fourth-order valence-corrected chi connectivity index (χ4v) is 9.23. The number of nitrogens with zero attached hydrogens (tertiary/aromatic N) is 3. The van der Waals surface area contributed by atoms with Gasteiger partial charge in [-0.3, -0.25) is 0 Å². The molecule has 8 aromatic carbocycles. The molecule has 5 heteroatoms. The van der Waals surface area contributed by atoms with Crippen molar-refractivity contribution in [2.24, 2.45) is 0 Å². The van der Waals surface area contributed by atoms with Gasteiger partial charge >= 0.3 is 0 Å². The molecule has 56 heavy (non-hydrogen) atoms. The zero-order valence-electron chi connectivity index (χ0n) is 30.1. The highest BCUT2D eigenvalue weighted by atomic mass is 32.1. The summed E-state index contributed by atoms with van der Waals surface area (Å²) in [6.07, 6.45) is 0. The van der Waals surface area contributed by atoms with E-state index in [1.807, 2.05) is 78.1 Å². The molecule has 0 N–H and O–H groups in total. The third-order valence-electron chi connectivity index (χ3n) is 10.6. The fourth-order valence-electron chi connectivity index (χ4n) is 7.96. The predicted octanol–water partition coefficient (Wildman–Crippen LogP) is 14.1. The Kier molecular flexibility index (Phi) is 7.64. The Labute approximate surface area is 327 Å². The van der Waals surface area contributed by atoms with Crippen LogP contribution in [0.25, 0.3) is 110 Å². The van der Waals surface area contributed by atoms with E-state index in [4.69, 9.17) is 19.4 Å². The largest absolute Gasteiger partial charge is 0.455 e. The quantitative estimate of drug-likeness (QED) is 0.171. The van der Waals surface area contributed by atoms with E-state index in [1.54, 1.807) is 0 Å². The number of furan rings is 1. The van der Waals surface area contributed by atoms with Crippen LogP contribution in [-0.2, 0) is 0 Å². The van der Waals surface area contributed by atoms with Gasteiger partial charge in [-0.2, -0.15) is 0 Å². The highest BCUT2D eigenvalue weighted by Crippen LogP contribution is 2.47. The van der Waals surface area contributed by atoms with Crippen LogP contribution in [0.2, 0.25) is 0 Å². The van der Waals surface area contributed by atoms with Crippen molar-refractivity contribution in [1.29, 1.82) is 0 Å². The molecule has 11 rings (SSSR count). The maximum atomic E-state index is 6.85. The van der Waals surface area contributed by atoms with Crippen LogP contribution in [0.15, 0.2) is 192 Å². The Hall–Kier alpha value is -7.21. The summed E-state index contributed by atoms with van der Waals surface area (Å²) in [6.45, 7) is 0. The molecular formula is C51H31N3OS. The first-order chi connectivity index (χ1) is 27.8. The van der Waals surface area contributed by atoms with Crippen molar-refractivity contribution in [2.75, 3.05) is 0 Å². The zero-order valence-corrected chi connectivity index (χ0v) is 30.9. The van der Waals surface area contributed by atoms with E-state index in [-0.39, 0.29) is 0 Å². The van der Waals surface area contributed by atoms with Crippen LogP contribution in [0.1, 0.15) is 0 Å². The number of hydrogen-bond acceptors (Lipinski definition) is 5. The molecule has 0 atom stereocenters. The minimum Gasteiger partial charge on any atom is -0.455 e. The van der Waals surface area contributed by atoms with Gasteiger partial charge in [-0.1, -0.05) is 164 Å². The maximum absolute atomic E-state index is 6.85. The zero-order chi connectivity index (χ0) is 37.0. The van der Waals surface area contributed by atoms with Gasteiger partial charge in [0.05, 0.1) is 0 Å². The lowest BCUT2D eigenvalue weighted by molar-refractivity contribution is 0.670. The van der Waals surface area contributed by atoms with E-state index >= 15 is 0 Å². The molecule has 0 unspecified atom stereocenters. The lowest BCUT2D eigenvalue weighted by Crippen LogP contribution is -2.00. The predicted molar refractivity (Wildman–Crippen MR) is 233 cm³/mol. The minimum absolute atomic E-state index is 0.621. The van der Waals surface area contributed by atoms with Gasteiger partial charge in [-0.05, 0) is 52.1 Å². The smallest absolute Gasteiger partial charge is 0.164 e. The average molecular weight is 734 g/mol. The average Bonchev–Trinajstić information content (AvgIpc) is 3.86. The van der Waals surface area contributed by atoms with Crippen LogP contribution in [0.4, 0.5) is 0 Å². The summed E-state index contributed by atoms with van der Waals surface area (Å²) in [6, 6.07) is 65.5. The van der Waals surface area contributed by atoms with Gasteiger partial charge < -0.3 is 4.42 Å².